The van der Waals surface area contributed by atoms with Gasteiger partial charge < -0.3 is 15.2 Å². The number of carbonyl (C=O) groups excluding carboxylic acids is 1. The van der Waals surface area contributed by atoms with Crippen molar-refractivity contribution in [2.75, 3.05) is 12.3 Å². The third-order valence-corrected chi connectivity index (χ3v) is 5.89. The van der Waals surface area contributed by atoms with Crippen LogP contribution < -0.4 is 5.32 Å². The second-order valence-electron chi connectivity index (χ2n) is 6.96. The largest absolute Gasteiger partial charge is 0.481 e. The first-order valence-corrected chi connectivity index (χ1v) is 9.39. The lowest BCUT2D eigenvalue weighted by Crippen LogP contribution is -2.45. The number of alkyl carbamates (subject to hydrolysis) is 1. The summed E-state index contributed by atoms with van der Waals surface area (Å²) in [4.78, 5) is 23.4. The highest BCUT2D eigenvalue weighted by Crippen LogP contribution is 2.28. The molecule has 2 N–H and O–H groups in total. The highest BCUT2D eigenvalue weighted by Gasteiger charge is 2.39. The lowest BCUT2D eigenvalue weighted by Gasteiger charge is -2.29. The van der Waals surface area contributed by atoms with Gasteiger partial charge in [-0.05, 0) is 47.5 Å². The predicted octanol–water partition coefficient (Wildman–Crippen LogP) is 2.21. The number of amides is 1. The van der Waals surface area contributed by atoms with Crippen molar-refractivity contribution >= 4 is 21.9 Å². The van der Waals surface area contributed by atoms with Crippen LogP contribution in [0.5, 0.6) is 0 Å². The van der Waals surface area contributed by atoms with E-state index in [1.54, 1.807) is 41.5 Å². The van der Waals surface area contributed by atoms with Crippen LogP contribution in [0, 0.1) is 5.41 Å². The van der Waals surface area contributed by atoms with Gasteiger partial charge in [0, 0.05) is 6.54 Å². The summed E-state index contributed by atoms with van der Waals surface area (Å²) in [6.07, 6.45) is -0.579. The lowest BCUT2D eigenvalue weighted by atomic mass is 9.82. The Morgan fingerprint density at radius 1 is 1.22 bits per heavy atom. The average molecular weight is 351 g/mol. The van der Waals surface area contributed by atoms with E-state index in [4.69, 9.17) is 4.74 Å². The lowest BCUT2D eigenvalue weighted by molar-refractivity contribution is -0.149. The van der Waals surface area contributed by atoms with E-state index >= 15 is 0 Å². The van der Waals surface area contributed by atoms with Crippen LogP contribution in [-0.4, -0.2) is 48.7 Å². The molecule has 23 heavy (non-hydrogen) atoms. The molecule has 0 aromatic rings. The summed E-state index contributed by atoms with van der Waals surface area (Å²) in [5.74, 6) is -1.36. The number of sulfone groups is 1. The van der Waals surface area contributed by atoms with Crippen molar-refractivity contribution in [3.05, 3.63) is 0 Å². The zero-order valence-corrected chi connectivity index (χ0v) is 15.6. The minimum atomic E-state index is -3.35. The van der Waals surface area contributed by atoms with Crippen molar-refractivity contribution < 1.29 is 27.9 Å². The fourth-order valence-corrected chi connectivity index (χ4v) is 3.00. The zero-order valence-electron chi connectivity index (χ0n) is 14.8. The van der Waals surface area contributed by atoms with E-state index in [9.17, 15) is 23.1 Å². The van der Waals surface area contributed by atoms with Crippen LogP contribution >= 0.6 is 0 Å². The van der Waals surface area contributed by atoms with Crippen molar-refractivity contribution in [2.24, 2.45) is 5.41 Å². The third kappa shape index (κ3) is 7.20. The fraction of sp³-hybridized carbons (Fsp3) is 0.867. The summed E-state index contributed by atoms with van der Waals surface area (Å²) in [5, 5.41) is 11.4. The van der Waals surface area contributed by atoms with Crippen molar-refractivity contribution in [2.45, 2.75) is 65.2 Å². The molecule has 0 spiro atoms. The number of aliphatic carboxylic acids is 1. The summed E-state index contributed by atoms with van der Waals surface area (Å²) in [6.45, 7) is 9.70. The molecule has 0 bridgehead atoms. The Hall–Kier alpha value is -1.31. The number of hydrogen-bond acceptors (Lipinski definition) is 5. The van der Waals surface area contributed by atoms with Crippen LogP contribution in [0.1, 0.15) is 54.4 Å². The van der Waals surface area contributed by atoms with Gasteiger partial charge in [-0.25, -0.2) is 13.2 Å². The molecule has 0 fully saturated rings. The normalized spacial score (nSPS) is 15.1. The van der Waals surface area contributed by atoms with Crippen molar-refractivity contribution in [3.63, 3.8) is 0 Å². The molecule has 0 saturated heterocycles. The van der Waals surface area contributed by atoms with Gasteiger partial charge >= 0.3 is 12.1 Å². The Bertz CT molecular complexity index is 521. The minimum Gasteiger partial charge on any atom is -0.481 e. The number of carbonyl (C=O) groups is 2. The SMILES string of the molecule is CCC(CCS(=O)(=O)C(C)C)(CNC(=O)OC(C)(C)C)C(=O)O. The van der Waals surface area contributed by atoms with Crippen molar-refractivity contribution in [1.29, 1.82) is 0 Å². The van der Waals surface area contributed by atoms with Gasteiger partial charge in [0.05, 0.1) is 16.4 Å². The van der Waals surface area contributed by atoms with E-state index in [-0.39, 0.29) is 25.1 Å². The van der Waals surface area contributed by atoms with Crippen LogP contribution in [-0.2, 0) is 19.4 Å². The van der Waals surface area contributed by atoms with Crippen LogP contribution in [0.15, 0.2) is 0 Å². The molecule has 0 aliphatic carbocycles. The molecule has 0 saturated carbocycles. The summed E-state index contributed by atoms with van der Waals surface area (Å²) in [7, 11) is -3.35. The molecule has 0 aromatic heterocycles. The maximum absolute atomic E-state index is 11.9. The minimum absolute atomic E-state index is 0.0604. The van der Waals surface area contributed by atoms with E-state index in [2.05, 4.69) is 5.32 Å². The Kier molecular flexibility index (Phi) is 7.53. The first kappa shape index (κ1) is 21.7. The van der Waals surface area contributed by atoms with Crippen LogP contribution in [0.2, 0.25) is 0 Å². The summed E-state index contributed by atoms with van der Waals surface area (Å²) < 4.78 is 29.0. The summed E-state index contributed by atoms with van der Waals surface area (Å²) in [6, 6.07) is 0. The highest BCUT2D eigenvalue weighted by atomic mass is 32.2. The van der Waals surface area contributed by atoms with Crippen molar-refractivity contribution in [3.8, 4) is 0 Å². The number of carboxylic acids is 1. The molecule has 0 rings (SSSR count). The smallest absolute Gasteiger partial charge is 0.407 e. The molecule has 1 amide bonds. The first-order valence-electron chi connectivity index (χ1n) is 7.67. The van der Waals surface area contributed by atoms with Gasteiger partial charge in [-0.15, -0.1) is 0 Å². The van der Waals surface area contributed by atoms with Gasteiger partial charge in [0.2, 0.25) is 0 Å². The summed E-state index contributed by atoms with van der Waals surface area (Å²) >= 11 is 0. The van der Waals surface area contributed by atoms with Gasteiger partial charge in [-0.3, -0.25) is 4.79 Å². The quantitative estimate of drug-likeness (QED) is 0.694. The molecule has 1 atom stereocenters. The monoisotopic (exact) mass is 351 g/mol. The zero-order chi connectivity index (χ0) is 18.5. The Balaban J connectivity index is 5.00. The second-order valence-corrected chi connectivity index (χ2v) is 9.64. The van der Waals surface area contributed by atoms with E-state index in [1.165, 1.54) is 0 Å². The second kappa shape index (κ2) is 7.99. The topological polar surface area (TPSA) is 110 Å². The van der Waals surface area contributed by atoms with E-state index in [0.29, 0.717) is 0 Å². The number of hydrogen-bond donors (Lipinski definition) is 2. The van der Waals surface area contributed by atoms with E-state index < -0.39 is 38.2 Å². The molecule has 0 aromatic carbocycles. The standard InChI is InChI=1S/C15H29NO6S/c1-7-15(12(17)18,8-9-23(20,21)11(2)3)10-16-13(19)22-14(4,5)6/h11H,7-10H2,1-6H3,(H,16,19)(H,17,18). The molecular weight excluding hydrogens is 322 g/mol. The molecule has 7 nitrogen and oxygen atoms in total. The molecular formula is C15H29NO6S. The number of nitrogens with one attached hydrogen (secondary N) is 1. The molecule has 0 aliphatic heterocycles. The predicted molar refractivity (Wildman–Crippen MR) is 88.1 cm³/mol. The van der Waals surface area contributed by atoms with E-state index in [1.807, 2.05) is 0 Å². The van der Waals surface area contributed by atoms with Crippen LogP contribution in [0.3, 0.4) is 0 Å². The number of carboxylic acid groups (broad SMARTS) is 1. The highest BCUT2D eigenvalue weighted by molar-refractivity contribution is 7.91. The Morgan fingerprint density at radius 2 is 1.74 bits per heavy atom. The van der Waals surface area contributed by atoms with Gasteiger partial charge in [0.1, 0.15) is 5.60 Å². The third-order valence-electron chi connectivity index (χ3n) is 3.68. The fourth-order valence-electron chi connectivity index (χ4n) is 1.85. The molecule has 8 heteroatoms. The van der Waals surface area contributed by atoms with E-state index in [0.717, 1.165) is 0 Å². The molecule has 0 radical (unpaired) electrons. The van der Waals surface area contributed by atoms with Gasteiger partial charge in [0.25, 0.3) is 0 Å². The molecule has 0 aliphatic rings. The van der Waals surface area contributed by atoms with Gasteiger partial charge in [-0.2, -0.15) is 0 Å². The summed E-state index contributed by atoms with van der Waals surface area (Å²) in [5.41, 5.74) is -2.03. The maximum atomic E-state index is 11.9. The molecule has 0 heterocycles. The molecule has 1 unspecified atom stereocenters. The van der Waals surface area contributed by atoms with Crippen LogP contribution in [0.25, 0.3) is 0 Å². The average Bonchev–Trinajstić information content (AvgIpc) is 2.36. The van der Waals surface area contributed by atoms with Crippen molar-refractivity contribution in [1.82, 2.24) is 5.32 Å². The number of ether oxygens (including phenoxy) is 1. The van der Waals surface area contributed by atoms with Gasteiger partial charge in [-0.1, -0.05) is 6.92 Å². The van der Waals surface area contributed by atoms with Gasteiger partial charge in [0.15, 0.2) is 9.84 Å². The Morgan fingerprint density at radius 3 is 2.09 bits per heavy atom. The number of rotatable bonds is 8. The van der Waals surface area contributed by atoms with Crippen LogP contribution in [0.4, 0.5) is 4.79 Å². The Labute approximate surface area is 138 Å². The molecule has 136 valence electrons. The maximum Gasteiger partial charge on any atom is 0.407 e. The first-order chi connectivity index (χ1) is 10.3.